The van der Waals surface area contributed by atoms with Crippen molar-refractivity contribution in [3.05, 3.63) is 18.0 Å². The van der Waals surface area contributed by atoms with Gasteiger partial charge in [0.2, 0.25) is 10.0 Å². The average molecular weight is 310 g/mol. The summed E-state index contributed by atoms with van der Waals surface area (Å²) in [5.74, 6) is -1.58. The average Bonchev–Trinajstić information content (AvgIpc) is 2.74. The molecule has 0 saturated heterocycles. The molecule has 1 heterocycles. The largest absolute Gasteiger partial charge is 0.477 e. The van der Waals surface area contributed by atoms with Crippen LogP contribution in [0.25, 0.3) is 0 Å². The lowest BCUT2D eigenvalue weighted by molar-refractivity contribution is 0.0691. The predicted molar refractivity (Wildman–Crippen MR) is 67.3 cm³/mol. The molecule has 19 heavy (non-hydrogen) atoms. The van der Waals surface area contributed by atoms with Crippen molar-refractivity contribution >= 4 is 25.8 Å². The molecule has 10 heteroatoms. The molecule has 108 valence electrons. The van der Waals surface area contributed by atoms with E-state index in [0.717, 1.165) is 22.8 Å². The van der Waals surface area contributed by atoms with Crippen molar-refractivity contribution in [2.75, 3.05) is 25.6 Å². The first-order valence-corrected chi connectivity index (χ1v) is 8.60. The molecule has 0 atom stereocenters. The third kappa shape index (κ3) is 4.04. The smallest absolute Gasteiger partial charge is 0.352 e. The van der Waals surface area contributed by atoms with E-state index in [1.54, 1.807) is 0 Å². The van der Waals surface area contributed by atoms with E-state index in [0.29, 0.717) is 0 Å². The van der Waals surface area contributed by atoms with E-state index in [9.17, 15) is 21.6 Å². The van der Waals surface area contributed by atoms with Crippen LogP contribution in [-0.2, 0) is 19.9 Å². The van der Waals surface area contributed by atoms with Gasteiger partial charge in [0, 0.05) is 26.0 Å². The van der Waals surface area contributed by atoms with Gasteiger partial charge in [-0.1, -0.05) is 0 Å². The number of H-pyrrole nitrogens is 1. The maximum Gasteiger partial charge on any atom is 0.352 e. The first kappa shape index (κ1) is 15.7. The molecule has 0 fully saturated rings. The molecule has 8 nitrogen and oxygen atoms in total. The first-order chi connectivity index (χ1) is 8.54. The standard InChI is InChI=1S/C9H14N2O6S2/c1-11(3-4-18(2,14)15)19(16,17)7-5-8(9(12)13)10-6-7/h5-6,10H,3-4H2,1-2H3,(H,12,13). The maximum atomic E-state index is 12.0. The van der Waals surface area contributed by atoms with Crippen molar-refractivity contribution in [1.82, 2.24) is 9.29 Å². The van der Waals surface area contributed by atoms with Gasteiger partial charge in [-0.05, 0) is 6.07 Å². The highest BCUT2D eigenvalue weighted by Gasteiger charge is 2.24. The van der Waals surface area contributed by atoms with Gasteiger partial charge in [0.05, 0.1) is 5.75 Å². The summed E-state index contributed by atoms with van der Waals surface area (Å²) in [4.78, 5) is 12.7. The Hall–Kier alpha value is -1.39. The minimum absolute atomic E-state index is 0.200. The fraction of sp³-hybridized carbons (Fsp3) is 0.444. The molecule has 1 aromatic heterocycles. The van der Waals surface area contributed by atoms with Crippen LogP contribution in [0.2, 0.25) is 0 Å². The van der Waals surface area contributed by atoms with Crippen molar-refractivity contribution in [2.24, 2.45) is 0 Å². The number of nitrogens with zero attached hydrogens (tertiary/aromatic N) is 1. The Morgan fingerprint density at radius 2 is 1.95 bits per heavy atom. The zero-order valence-electron chi connectivity index (χ0n) is 10.3. The van der Waals surface area contributed by atoms with Crippen LogP contribution in [0, 0.1) is 0 Å². The summed E-state index contributed by atoms with van der Waals surface area (Å²) in [5.41, 5.74) is -0.255. The van der Waals surface area contributed by atoms with E-state index in [4.69, 9.17) is 5.11 Å². The molecule has 0 saturated carbocycles. The van der Waals surface area contributed by atoms with Gasteiger partial charge in [-0.15, -0.1) is 0 Å². The van der Waals surface area contributed by atoms with Crippen LogP contribution in [0.4, 0.5) is 0 Å². The van der Waals surface area contributed by atoms with Crippen molar-refractivity contribution in [1.29, 1.82) is 0 Å². The Morgan fingerprint density at radius 3 is 2.37 bits per heavy atom. The van der Waals surface area contributed by atoms with Crippen LogP contribution in [0.5, 0.6) is 0 Å². The Bertz CT molecular complexity index is 673. The van der Waals surface area contributed by atoms with Crippen molar-refractivity contribution in [3.63, 3.8) is 0 Å². The lowest BCUT2D eigenvalue weighted by Crippen LogP contribution is -2.31. The van der Waals surface area contributed by atoms with Gasteiger partial charge in [-0.25, -0.2) is 21.6 Å². The normalized spacial score (nSPS) is 12.8. The highest BCUT2D eigenvalue weighted by Crippen LogP contribution is 2.15. The predicted octanol–water partition coefficient (Wildman–Crippen LogP) is -0.622. The van der Waals surface area contributed by atoms with Crippen LogP contribution in [0.3, 0.4) is 0 Å². The Labute approximate surface area is 111 Å². The van der Waals surface area contributed by atoms with Crippen LogP contribution >= 0.6 is 0 Å². The molecule has 1 rings (SSSR count). The fourth-order valence-electron chi connectivity index (χ4n) is 1.24. The number of rotatable bonds is 6. The maximum absolute atomic E-state index is 12.0. The fourth-order valence-corrected chi connectivity index (χ4v) is 3.13. The van der Waals surface area contributed by atoms with Gasteiger partial charge in [-0.3, -0.25) is 0 Å². The topological polar surface area (TPSA) is 125 Å². The van der Waals surface area contributed by atoms with Crippen molar-refractivity contribution in [3.8, 4) is 0 Å². The van der Waals surface area contributed by atoms with Crippen LogP contribution in [-0.4, -0.2) is 62.8 Å². The Kier molecular flexibility index (Phi) is 4.38. The monoisotopic (exact) mass is 310 g/mol. The molecule has 0 amide bonds. The van der Waals surface area contributed by atoms with Crippen LogP contribution in [0.15, 0.2) is 17.2 Å². The summed E-state index contributed by atoms with van der Waals surface area (Å²) in [6.45, 7) is -0.200. The zero-order chi connectivity index (χ0) is 14.8. The van der Waals surface area contributed by atoms with Gasteiger partial charge in [0.25, 0.3) is 0 Å². The summed E-state index contributed by atoms with van der Waals surface area (Å²) in [6.07, 6.45) is 2.06. The number of sulfone groups is 1. The van der Waals surface area contributed by atoms with E-state index < -0.39 is 25.8 Å². The quantitative estimate of drug-likeness (QED) is 0.721. The SMILES string of the molecule is CN(CCS(C)(=O)=O)S(=O)(=O)c1c[nH]c(C(=O)O)c1. The number of aromatic carboxylic acids is 1. The minimum atomic E-state index is -3.90. The summed E-state index contributed by atoms with van der Waals surface area (Å²) in [6, 6.07) is 0.981. The van der Waals surface area contributed by atoms with Gasteiger partial charge in [-0.2, -0.15) is 4.31 Å². The number of carbonyl (C=O) groups is 1. The molecular weight excluding hydrogens is 296 g/mol. The Balaban J connectivity index is 2.93. The van der Waals surface area contributed by atoms with Gasteiger partial charge in [0.1, 0.15) is 20.4 Å². The number of aromatic amines is 1. The first-order valence-electron chi connectivity index (χ1n) is 5.10. The molecule has 0 bridgehead atoms. The lowest BCUT2D eigenvalue weighted by atomic mass is 10.4. The molecular formula is C9H14N2O6S2. The van der Waals surface area contributed by atoms with E-state index in [1.165, 1.54) is 7.05 Å². The number of carboxylic acid groups (broad SMARTS) is 1. The van der Waals surface area contributed by atoms with E-state index >= 15 is 0 Å². The highest BCUT2D eigenvalue weighted by atomic mass is 32.2. The Morgan fingerprint density at radius 1 is 1.37 bits per heavy atom. The van der Waals surface area contributed by atoms with E-state index in [-0.39, 0.29) is 22.9 Å². The third-order valence-electron chi connectivity index (χ3n) is 2.37. The summed E-state index contributed by atoms with van der Waals surface area (Å²) < 4.78 is 46.8. The number of sulfonamides is 1. The van der Waals surface area contributed by atoms with E-state index in [2.05, 4.69) is 4.98 Å². The van der Waals surface area contributed by atoms with Crippen LogP contribution in [0.1, 0.15) is 10.5 Å². The van der Waals surface area contributed by atoms with Gasteiger partial charge in [0.15, 0.2) is 0 Å². The molecule has 2 N–H and O–H groups in total. The molecule has 0 spiro atoms. The van der Waals surface area contributed by atoms with Gasteiger partial charge < -0.3 is 10.1 Å². The van der Waals surface area contributed by atoms with Crippen molar-refractivity contribution < 1.29 is 26.7 Å². The third-order valence-corrected chi connectivity index (χ3v) is 5.13. The lowest BCUT2D eigenvalue weighted by Gasteiger charge is -2.15. The molecule has 0 aromatic carbocycles. The summed E-state index contributed by atoms with van der Waals surface area (Å²) in [5, 5.41) is 8.69. The second-order valence-corrected chi connectivity index (χ2v) is 8.32. The number of aromatic nitrogens is 1. The van der Waals surface area contributed by atoms with E-state index in [1.807, 2.05) is 0 Å². The van der Waals surface area contributed by atoms with Crippen molar-refractivity contribution in [2.45, 2.75) is 4.90 Å². The molecule has 0 aliphatic rings. The van der Waals surface area contributed by atoms with Crippen LogP contribution < -0.4 is 0 Å². The highest BCUT2D eigenvalue weighted by molar-refractivity contribution is 7.91. The minimum Gasteiger partial charge on any atom is -0.477 e. The molecule has 0 aliphatic heterocycles. The second kappa shape index (κ2) is 5.31. The second-order valence-electron chi connectivity index (χ2n) is 4.01. The zero-order valence-corrected chi connectivity index (χ0v) is 12.0. The van der Waals surface area contributed by atoms with Gasteiger partial charge >= 0.3 is 5.97 Å². The number of carboxylic acids is 1. The molecule has 0 unspecified atom stereocenters. The number of nitrogens with one attached hydrogen (secondary N) is 1. The molecule has 0 radical (unpaired) electrons. The summed E-state index contributed by atoms with van der Waals surface area (Å²) in [7, 11) is -5.95. The number of hydrogen-bond acceptors (Lipinski definition) is 5. The number of hydrogen-bond donors (Lipinski definition) is 2. The molecule has 0 aliphatic carbocycles. The summed E-state index contributed by atoms with van der Waals surface area (Å²) >= 11 is 0. The molecule has 1 aromatic rings.